The summed E-state index contributed by atoms with van der Waals surface area (Å²) in [6, 6.07) is 12.2. The molecule has 24 heavy (non-hydrogen) atoms. The van der Waals surface area contributed by atoms with Crippen molar-refractivity contribution in [1.82, 2.24) is 0 Å². The van der Waals surface area contributed by atoms with Crippen LogP contribution in [0.3, 0.4) is 0 Å². The van der Waals surface area contributed by atoms with Crippen LogP contribution in [-0.2, 0) is 9.59 Å². The van der Waals surface area contributed by atoms with Crippen molar-refractivity contribution in [2.75, 3.05) is 10.6 Å². The molecule has 2 rings (SSSR count). The third-order valence-corrected chi connectivity index (χ3v) is 3.29. The van der Waals surface area contributed by atoms with Gasteiger partial charge in [-0.3, -0.25) is 10.2 Å². The van der Waals surface area contributed by atoms with Crippen LogP contribution in [0.25, 0.3) is 0 Å². The van der Waals surface area contributed by atoms with Crippen LogP contribution < -0.4 is 16.4 Å². The van der Waals surface area contributed by atoms with Gasteiger partial charge in [0, 0.05) is 23.9 Å². The molecule has 124 valence electrons. The van der Waals surface area contributed by atoms with Gasteiger partial charge in [0.1, 0.15) is 5.84 Å². The summed E-state index contributed by atoms with van der Waals surface area (Å²) in [7, 11) is 0. The maximum Gasteiger partial charge on any atom is 0.330 e. The highest BCUT2D eigenvalue weighted by Crippen LogP contribution is 2.23. The number of carboxylic acid groups (broad SMARTS) is 1. The van der Waals surface area contributed by atoms with Crippen molar-refractivity contribution in [3.8, 4) is 0 Å². The molecule has 0 radical (unpaired) electrons. The number of hydrogen-bond donors (Lipinski definition) is 5. The van der Waals surface area contributed by atoms with Gasteiger partial charge in [0.25, 0.3) is 0 Å². The molecule has 0 aliphatic heterocycles. The number of carboxylic acids is 1. The van der Waals surface area contributed by atoms with E-state index in [-0.39, 0.29) is 11.7 Å². The molecule has 7 nitrogen and oxygen atoms in total. The molecule has 2 aromatic rings. The third-order valence-electron chi connectivity index (χ3n) is 3.29. The van der Waals surface area contributed by atoms with Crippen molar-refractivity contribution >= 4 is 29.1 Å². The number of nitrogens with two attached hydrogens (primary N) is 1. The molecule has 2 aromatic carbocycles. The highest BCUT2D eigenvalue weighted by Gasteiger charge is 2.20. The smallest absolute Gasteiger partial charge is 0.330 e. The fourth-order valence-corrected chi connectivity index (χ4v) is 2.20. The van der Waals surface area contributed by atoms with E-state index in [1.54, 1.807) is 48.5 Å². The lowest BCUT2D eigenvalue weighted by atomic mass is 10.1. The van der Waals surface area contributed by atoms with E-state index in [0.717, 1.165) is 0 Å². The highest BCUT2D eigenvalue weighted by molar-refractivity contribution is 5.95. The van der Waals surface area contributed by atoms with E-state index in [0.29, 0.717) is 22.5 Å². The van der Waals surface area contributed by atoms with Crippen LogP contribution in [-0.4, -0.2) is 22.8 Å². The molecule has 0 fully saturated rings. The zero-order valence-electron chi connectivity index (χ0n) is 13.0. The standard InChI is InChI=1S/C17H18N4O3/c1-10(22)20-14-4-2-3-12(9-14)15(17(23)24)21-13-7-5-11(6-8-13)16(18)19/h2-9,15,21H,1H3,(H3,18,19)(H,20,22)(H,23,24). The van der Waals surface area contributed by atoms with Crippen LogP contribution in [0.5, 0.6) is 0 Å². The average Bonchev–Trinajstić information content (AvgIpc) is 2.52. The first-order valence-corrected chi connectivity index (χ1v) is 7.18. The molecule has 0 spiro atoms. The maximum absolute atomic E-state index is 11.6. The zero-order valence-corrected chi connectivity index (χ0v) is 13.0. The van der Waals surface area contributed by atoms with Gasteiger partial charge < -0.3 is 21.5 Å². The summed E-state index contributed by atoms with van der Waals surface area (Å²) in [4.78, 5) is 22.7. The molecule has 1 atom stereocenters. The number of amides is 1. The van der Waals surface area contributed by atoms with E-state index < -0.39 is 12.0 Å². The quantitative estimate of drug-likeness (QED) is 0.410. The number of benzene rings is 2. The Kier molecular flexibility index (Phi) is 5.16. The molecule has 1 amide bonds. The predicted molar refractivity (Wildman–Crippen MR) is 92.2 cm³/mol. The topological polar surface area (TPSA) is 128 Å². The lowest BCUT2D eigenvalue weighted by Crippen LogP contribution is -2.21. The minimum atomic E-state index is -1.05. The van der Waals surface area contributed by atoms with E-state index in [1.165, 1.54) is 6.92 Å². The molecular formula is C17H18N4O3. The first-order valence-electron chi connectivity index (χ1n) is 7.18. The number of carbonyl (C=O) groups is 2. The zero-order chi connectivity index (χ0) is 17.7. The number of carbonyl (C=O) groups excluding carboxylic acids is 1. The van der Waals surface area contributed by atoms with Crippen molar-refractivity contribution in [1.29, 1.82) is 5.41 Å². The first kappa shape index (κ1) is 17.0. The lowest BCUT2D eigenvalue weighted by molar-refractivity contribution is -0.138. The Morgan fingerprint density at radius 3 is 2.33 bits per heavy atom. The fourth-order valence-electron chi connectivity index (χ4n) is 2.20. The molecule has 0 saturated heterocycles. The summed E-state index contributed by atoms with van der Waals surface area (Å²) in [6.45, 7) is 1.39. The van der Waals surface area contributed by atoms with Crippen molar-refractivity contribution in [3.05, 3.63) is 59.7 Å². The van der Waals surface area contributed by atoms with Gasteiger partial charge in [-0.2, -0.15) is 0 Å². The minimum Gasteiger partial charge on any atom is -0.479 e. The van der Waals surface area contributed by atoms with Crippen molar-refractivity contribution < 1.29 is 14.7 Å². The Balaban J connectivity index is 2.25. The average molecular weight is 326 g/mol. The summed E-state index contributed by atoms with van der Waals surface area (Å²) in [5.41, 5.74) is 7.56. The van der Waals surface area contributed by atoms with Gasteiger partial charge in [-0.15, -0.1) is 0 Å². The Labute approximate surface area is 139 Å². The summed E-state index contributed by atoms with van der Waals surface area (Å²) in [5, 5.41) is 22.4. The number of nitrogens with one attached hydrogen (secondary N) is 3. The molecule has 0 aliphatic rings. The van der Waals surface area contributed by atoms with Gasteiger partial charge in [0.2, 0.25) is 5.91 Å². The maximum atomic E-state index is 11.6. The molecule has 0 saturated carbocycles. The van der Waals surface area contributed by atoms with Crippen molar-refractivity contribution in [2.45, 2.75) is 13.0 Å². The molecule has 7 heteroatoms. The van der Waals surface area contributed by atoms with Crippen LogP contribution in [0.2, 0.25) is 0 Å². The molecule has 0 bridgehead atoms. The first-order chi connectivity index (χ1) is 11.4. The Morgan fingerprint density at radius 1 is 1.12 bits per heavy atom. The Morgan fingerprint density at radius 2 is 1.79 bits per heavy atom. The molecule has 0 heterocycles. The summed E-state index contributed by atoms with van der Waals surface area (Å²) < 4.78 is 0. The third kappa shape index (κ3) is 4.33. The van der Waals surface area contributed by atoms with Crippen LogP contribution in [0.1, 0.15) is 24.1 Å². The molecule has 6 N–H and O–H groups in total. The predicted octanol–water partition coefficient (Wildman–Crippen LogP) is 2.17. The Hall–Kier alpha value is -3.35. The van der Waals surface area contributed by atoms with E-state index >= 15 is 0 Å². The molecule has 0 aliphatic carbocycles. The second kappa shape index (κ2) is 7.28. The van der Waals surface area contributed by atoms with E-state index in [1.807, 2.05) is 0 Å². The monoisotopic (exact) mass is 326 g/mol. The van der Waals surface area contributed by atoms with Gasteiger partial charge in [-0.25, -0.2) is 4.79 Å². The number of hydrogen-bond acceptors (Lipinski definition) is 4. The minimum absolute atomic E-state index is 0.0562. The number of amidine groups is 1. The Bertz CT molecular complexity index is 772. The highest BCUT2D eigenvalue weighted by atomic mass is 16.4. The number of aliphatic carboxylic acids is 1. The van der Waals surface area contributed by atoms with Crippen LogP contribution in [0.15, 0.2) is 48.5 Å². The van der Waals surface area contributed by atoms with Crippen LogP contribution >= 0.6 is 0 Å². The second-order valence-corrected chi connectivity index (χ2v) is 5.21. The van der Waals surface area contributed by atoms with Gasteiger partial charge in [0.15, 0.2) is 6.04 Å². The largest absolute Gasteiger partial charge is 0.479 e. The van der Waals surface area contributed by atoms with E-state index in [9.17, 15) is 14.7 Å². The number of anilines is 2. The van der Waals surface area contributed by atoms with Crippen LogP contribution in [0, 0.1) is 5.41 Å². The van der Waals surface area contributed by atoms with Crippen molar-refractivity contribution in [2.24, 2.45) is 5.73 Å². The number of rotatable bonds is 6. The van der Waals surface area contributed by atoms with Gasteiger partial charge in [-0.1, -0.05) is 12.1 Å². The van der Waals surface area contributed by atoms with Crippen LogP contribution in [0.4, 0.5) is 11.4 Å². The lowest BCUT2D eigenvalue weighted by Gasteiger charge is -2.17. The van der Waals surface area contributed by atoms with Gasteiger partial charge in [-0.05, 0) is 42.0 Å². The van der Waals surface area contributed by atoms with Gasteiger partial charge >= 0.3 is 5.97 Å². The van der Waals surface area contributed by atoms with Crippen molar-refractivity contribution in [3.63, 3.8) is 0 Å². The number of nitrogen functional groups attached to an aromatic ring is 1. The van der Waals surface area contributed by atoms with Gasteiger partial charge in [0.05, 0.1) is 0 Å². The molecule has 0 aromatic heterocycles. The summed E-state index contributed by atoms with van der Waals surface area (Å²) in [5.74, 6) is -1.34. The van der Waals surface area contributed by atoms with E-state index in [2.05, 4.69) is 10.6 Å². The molecular weight excluding hydrogens is 308 g/mol. The molecule has 1 unspecified atom stereocenters. The second-order valence-electron chi connectivity index (χ2n) is 5.21. The van der Waals surface area contributed by atoms with E-state index in [4.69, 9.17) is 11.1 Å². The fraction of sp³-hybridized carbons (Fsp3) is 0.118. The summed E-state index contributed by atoms with van der Waals surface area (Å²) >= 11 is 0. The summed E-state index contributed by atoms with van der Waals surface area (Å²) in [6.07, 6.45) is 0. The SMILES string of the molecule is CC(=O)Nc1cccc(C(Nc2ccc(C(=N)N)cc2)C(=O)O)c1. The normalized spacial score (nSPS) is 11.4.